The van der Waals surface area contributed by atoms with E-state index in [1.807, 2.05) is 13.8 Å². The highest BCUT2D eigenvalue weighted by Gasteiger charge is 2.24. The summed E-state index contributed by atoms with van der Waals surface area (Å²) in [4.78, 5) is 10.2. The molecule has 0 saturated heterocycles. The first-order chi connectivity index (χ1) is 7.44. The number of benzene rings is 1. The molecule has 0 amide bonds. The molecule has 88 valence electrons. The average molecular weight is 306 g/mol. The predicted molar refractivity (Wildman–Crippen MR) is 69.1 cm³/mol. The maximum absolute atomic E-state index is 12.5. The van der Waals surface area contributed by atoms with Crippen molar-refractivity contribution in [1.29, 1.82) is 0 Å². The molecule has 0 fully saturated rings. The fraction of sp³-hybridized carbons (Fsp3) is 0.400. The highest BCUT2D eigenvalue weighted by Crippen LogP contribution is 2.46. The first-order valence-corrected chi connectivity index (χ1v) is 7.84. The van der Waals surface area contributed by atoms with Crippen LogP contribution in [0.5, 0.6) is 0 Å². The Bertz CT molecular complexity index is 453. The number of rotatable bonds is 4. The third kappa shape index (κ3) is 2.53. The summed E-state index contributed by atoms with van der Waals surface area (Å²) in [5.74, 6) is 0. The van der Waals surface area contributed by atoms with Gasteiger partial charge in [0.2, 0.25) is 0 Å². The molecule has 0 aromatic heterocycles. The summed E-state index contributed by atoms with van der Waals surface area (Å²) >= 11 is 3.30. The molecule has 0 unspecified atom stereocenters. The van der Waals surface area contributed by atoms with E-state index < -0.39 is 12.1 Å². The number of halogens is 1. The van der Waals surface area contributed by atoms with Crippen molar-refractivity contribution in [1.82, 2.24) is 0 Å². The molecule has 0 aliphatic carbocycles. The number of non-ortho nitro benzene ring substituents is 1. The van der Waals surface area contributed by atoms with Crippen LogP contribution in [0.25, 0.3) is 0 Å². The fourth-order valence-electron chi connectivity index (χ4n) is 1.49. The number of nitro groups is 1. The van der Waals surface area contributed by atoms with Crippen LogP contribution in [0.15, 0.2) is 22.7 Å². The average Bonchev–Trinajstić information content (AvgIpc) is 2.28. The zero-order valence-corrected chi connectivity index (χ0v) is 11.6. The van der Waals surface area contributed by atoms with Crippen LogP contribution in [0.2, 0.25) is 0 Å². The van der Waals surface area contributed by atoms with E-state index in [2.05, 4.69) is 15.9 Å². The maximum atomic E-state index is 12.5. The molecule has 1 aromatic carbocycles. The maximum Gasteiger partial charge on any atom is 0.270 e. The van der Waals surface area contributed by atoms with Crippen LogP contribution in [-0.2, 0) is 4.57 Å². The van der Waals surface area contributed by atoms with Gasteiger partial charge in [-0.2, -0.15) is 0 Å². The largest absolute Gasteiger partial charge is 0.319 e. The second kappa shape index (κ2) is 5.11. The number of hydrogen-bond donors (Lipinski definition) is 0. The van der Waals surface area contributed by atoms with Gasteiger partial charge in [0.25, 0.3) is 5.69 Å². The van der Waals surface area contributed by atoms with Crippen molar-refractivity contribution in [3.63, 3.8) is 0 Å². The first kappa shape index (κ1) is 13.4. The molecule has 0 radical (unpaired) electrons. The van der Waals surface area contributed by atoms with Crippen LogP contribution in [0, 0.1) is 10.1 Å². The Morgan fingerprint density at radius 3 is 2.38 bits per heavy atom. The molecule has 0 atom stereocenters. The summed E-state index contributed by atoms with van der Waals surface area (Å²) in [6.45, 7) is 3.69. The molecule has 0 aliphatic heterocycles. The van der Waals surface area contributed by atoms with Gasteiger partial charge in [-0.05, 0) is 6.07 Å². The molecular formula is C10H13BrNO3P. The van der Waals surface area contributed by atoms with Gasteiger partial charge in [-0.25, -0.2) is 0 Å². The molecule has 0 saturated carbocycles. The summed E-state index contributed by atoms with van der Waals surface area (Å²) in [5, 5.41) is 11.2. The van der Waals surface area contributed by atoms with E-state index in [1.54, 1.807) is 6.07 Å². The standard InChI is InChI=1S/C10H13BrNO3P/c1-3-16(15,4-2)10-7-8(12(13)14)5-6-9(10)11/h5-7H,3-4H2,1-2H3. The Morgan fingerprint density at radius 2 is 1.94 bits per heavy atom. The van der Waals surface area contributed by atoms with Gasteiger partial charge < -0.3 is 4.57 Å². The minimum absolute atomic E-state index is 0.0136. The highest BCUT2D eigenvalue weighted by atomic mass is 79.9. The van der Waals surface area contributed by atoms with E-state index in [-0.39, 0.29) is 5.69 Å². The van der Waals surface area contributed by atoms with Crippen molar-refractivity contribution >= 4 is 34.1 Å². The predicted octanol–water partition coefficient (Wildman–Crippen LogP) is 3.39. The van der Waals surface area contributed by atoms with E-state index in [4.69, 9.17) is 0 Å². The fourth-order valence-corrected chi connectivity index (χ4v) is 4.67. The van der Waals surface area contributed by atoms with Crippen molar-refractivity contribution in [2.24, 2.45) is 0 Å². The number of hydrogen-bond acceptors (Lipinski definition) is 3. The van der Waals surface area contributed by atoms with Crippen molar-refractivity contribution in [3.8, 4) is 0 Å². The summed E-state index contributed by atoms with van der Waals surface area (Å²) in [5.41, 5.74) is -0.0136. The normalized spacial score (nSPS) is 11.4. The molecule has 0 bridgehead atoms. The minimum atomic E-state index is -2.49. The molecule has 1 rings (SSSR count). The number of nitrogens with zero attached hydrogens (tertiary/aromatic N) is 1. The first-order valence-electron chi connectivity index (χ1n) is 4.97. The van der Waals surface area contributed by atoms with Crippen molar-refractivity contribution in [2.45, 2.75) is 13.8 Å². The number of nitro benzene ring substituents is 1. The molecule has 6 heteroatoms. The monoisotopic (exact) mass is 305 g/mol. The van der Waals surface area contributed by atoms with Gasteiger partial charge in [0.15, 0.2) is 0 Å². The van der Waals surface area contributed by atoms with Crippen molar-refractivity contribution in [3.05, 3.63) is 32.8 Å². The zero-order chi connectivity index (χ0) is 12.3. The van der Waals surface area contributed by atoms with Crippen LogP contribution in [0.4, 0.5) is 5.69 Å². The lowest BCUT2D eigenvalue weighted by Gasteiger charge is -2.15. The van der Waals surface area contributed by atoms with E-state index >= 15 is 0 Å². The Labute approximate surface area is 103 Å². The van der Waals surface area contributed by atoms with E-state index in [9.17, 15) is 14.7 Å². The Kier molecular flexibility index (Phi) is 4.28. The Balaban J connectivity index is 3.37. The third-order valence-corrected chi connectivity index (χ3v) is 6.89. The van der Waals surface area contributed by atoms with E-state index in [1.165, 1.54) is 12.1 Å². The SMILES string of the molecule is CCP(=O)(CC)c1cc([N+](=O)[O-])ccc1Br. The van der Waals surface area contributed by atoms with Crippen LogP contribution in [-0.4, -0.2) is 17.2 Å². The van der Waals surface area contributed by atoms with Crippen LogP contribution in [0.3, 0.4) is 0 Å². The van der Waals surface area contributed by atoms with Crippen LogP contribution < -0.4 is 5.30 Å². The topological polar surface area (TPSA) is 60.2 Å². The lowest BCUT2D eigenvalue weighted by atomic mass is 10.3. The van der Waals surface area contributed by atoms with Gasteiger partial charge in [0.1, 0.15) is 7.14 Å². The van der Waals surface area contributed by atoms with Crippen molar-refractivity contribution in [2.75, 3.05) is 12.3 Å². The zero-order valence-electron chi connectivity index (χ0n) is 9.14. The van der Waals surface area contributed by atoms with Gasteiger partial charge in [-0.15, -0.1) is 0 Å². The summed E-state index contributed by atoms with van der Waals surface area (Å²) in [7, 11) is -2.49. The van der Waals surface area contributed by atoms with Gasteiger partial charge in [0, 0.05) is 34.2 Å². The summed E-state index contributed by atoms with van der Waals surface area (Å²) in [6, 6.07) is 4.41. The van der Waals surface area contributed by atoms with Gasteiger partial charge >= 0.3 is 0 Å². The van der Waals surface area contributed by atoms with Gasteiger partial charge in [0.05, 0.1) is 4.92 Å². The highest BCUT2D eigenvalue weighted by molar-refractivity contribution is 9.10. The minimum Gasteiger partial charge on any atom is -0.319 e. The lowest BCUT2D eigenvalue weighted by molar-refractivity contribution is -0.384. The lowest BCUT2D eigenvalue weighted by Crippen LogP contribution is -2.11. The third-order valence-electron chi connectivity index (χ3n) is 2.60. The van der Waals surface area contributed by atoms with Gasteiger partial charge in [-0.3, -0.25) is 10.1 Å². The smallest absolute Gasteiger partial charge is 0.270 e. The summed E-state index contributed by atoms with van der Waals surface area (Å²) < 4.78 is 13.2. The molecule has 1 aromatic rings. The molecule has 0 N–H and O–H groups in total. The molecule has 0 heterocycles. The van der Waals surface area contributed by atoms with Crippen molar-refractivity contribution < 1.29 is 9.49 Å². The molecular weight excluding hydrogens is 293 g/mol. The Hall–Kier alpha value is -0.670. The molecule has 4 nitrogen and oxygen atoms in total. The Morgan fingerprint density at radius 1 is 1.38 bits per heavy atom. The molecule has 0 spiro atoms. The van der Waals surface area contributed by atoms with E-state index in [0.29, 0.717) is 22.1 Å². The second-order valence-electron chi connectivity index (χ2n) is 3.41. The van der Waals surface area contributed by atoms with Crippen LogP contribution in [0.1, 0.15) is 13.8 Å². The molecule has 16 heavy (non-hydrogen) atoms. The summed E-state index contributed by atoms with van der Waals surface area (Å²) in [6.07, 6.45) is 1.03. The van der Waals surface area contributed by atoms with E-state index in [0.717, 1.165) is 0 Å². The van der Waals surface area contributed by atoms with Crippen LogP contribution >= 0.6 is 23.1 Å². The van der Waals surface area contributed by atoms with Gasteiger partial charge in [-0.1, -0.05) is 29.8 Å². The molecule has 0 aliphatic rings. The second-order valence-corrected chi connectivity index (χ2v) is 7.79. The quantitative estimate of drug-likeness (QED) is 0.487.